The van der Waals surface area contributed by atoms with E-state index < -0.39 is 18.2 Å². The molecule has 0 saturated heterocycles. The second kappa shape index (κ2) is 53.2. The Morgan fingerprint density at radius 2 is 0.651 bits per heavy atom. The summed E-state index contributed by atoms with van der Waals surface area (Å²) in [5.41, 5.74) is 0. The second-order valence-corrected chi connectivity index (χ2v) is 19.5. The van der Waals surface area contributed by atoms with E-state index in [-0.39, 0.29) is 12.5 Å². The van der Waals surface area contributed by atoms with E-state index in [1.54, 1.807) is 0 Å². The fourth-order valence-electron chi connectivity index (χ4n) is 8.82. The largest absolute Gasteiger partial charge is 0.394 e. The summed E-state index contributed by atoms with van der Waals surface area (Å²) in [4.78, 5) is 12.5. The molecule has 0 rings (SSSR count). The molecule has 0 aliphatic carbocycles. The summed E-state index contributed by atoms with van der Waals surface area (Å²) in [7, 11) is 0. The first-order chi connectivity index (χ1) is 31.1. The lowest BCUT2D eigenvalue weighted by Crippen LogP contribution is -2.50. The van der Waals surface area contributed by atoms with E-state index in [9.17, 15) is 20.1 Å². The van der Waals surface area contributed by atoms with Crippen LogP contribution >= 0.6 is 0 Å². The maximum atomic E-state index is 12.5. The van der Waals surface area contributed by atoms with Crippen molar-refractivity contribution in [1.29, 1.82) is 0 Å². The Kier molecular flexibility index (Phi) is 52.0. The van der Waals surface area contributed by atoms with Gasteiger partial charge in [0.15, 0.2) is 0 Å². The van der Waals surface area contributed by atoms with Crippen LogP contribution in [0.2, 0.25) is 0 Å². The van der Waals surface area contributed by atoms with Gasteiger partial charge in [-0.15, -0.1) is 0 Å². The molecule has 1 amide bonds. The summed E-state index contributed by atoms with van der Waals surface area (Å²) >= 11 is 0. The van der Waals surface area contributed by atoms with Gasteiger partial charge in [0.25, 0.3) is 0 Å². The summed E-state index contributed by atoms with van der Waals surface area (Å²) in [6.07, 6.45) is 68.8. The molecule has 0 heterocycles. The van der Waals surface area contributed by atoms with Gasteiger partial charge in [-0.2, -0.15) is 0 Å². The molecule has 0 aromatic carbocycles. The van der Waals surface area contributed by atoms with Gasteiger partial charge in [0, 0.05) is 6.42 Å². The van der Waals surface area contributed by atoms with Crippen molar-refractivity contribution in [2.24, 2.45) is 0 Å². The van der Waals surface area contributed by atoms with Crippen molar-refractivity contribution in [2.75, 3.05) is 6.61 Å². The first-order valence-electron chi connectivity index (χ1n) is 28.3. The van der Waals surface area contributed by atoms with Gasteiger partial charge in [-0.25, -0.2) is 0 Å². The van der Waals surface area contributed by atoms with Crippen molar-refractivity contribution in [2.45, 2.75) is 321 Å². The lowest BCUT2D eigenvalue weighted by molar-refractivity contribution is -0.124. The Balaban J connectivity index is 3.56. The van der Waals surface area contributed by atoms with Crippen molar-refractivity contribution in [3.05, 3.63) is 36.5 Å². The standard InChI is InChI=1S/C58H111NO4/c1-3-5-7-9-11-13-15-17-19-21-23-24-25-26-27-28-29-30-31-32-33-35-37-39-41-43-45-47-49-51-53-57(62)59-55(54-60)58(63)56(61)52-50-48-46-44-42-40-38-36-34-22-20-18-16-14-12-10-8-6-4-2/h26-27,36,38,44,46,55-56,58,60-61,63H,3-25,28-35,37,39-43,45,47-54H2,1-2H3,(H,59,62)/b27-26-,38-36+,46-44+. The number of unbranched alkanes of at least 4 members (excludes halogenated alkanes) is 38. The molecule has 0 fully saturated rings. The Morgan fingerprint density at radius 3 is 0.968 bits per heavy atom. The van der Waals surface area contributed by atoms with Gasteiger partial charge in [-0.1, -0.05) is 256 Å². The van der Waals surface area contributed by atoms with Crippen LogP contribution in [0.3, 0.4) is 0 Å². The number of carbonyl (C=O) groups is 1. The smallest absolute Gasteiger partial charge is 0.220 e. The summed E-state index contributed by atoms with van der Waals surface area (Å²) in [6.45, 7) is 4.19. The lowest BCUT2D eigenvalue weighted by Gasteiger charge is -2.26. The summed E-state index contributed by atoms with van der Waals surface area (Å²) < 4.78 is 0. The summed E-state index contributed by atoms with van der Waals surface area (Å²) in [6, 6.07) is -0.832. The Morgan fingerprint density at radius 1 is 0.381 bits per heavy atom. The quantitative estimate of drug-likeness (QED) is 0.0362. The van der Waals surface area contributed by atoms with E-state index >= 15 is 0 Å². The van der Waals surface area contributed by atoms with E-state index in [2.05, 4.69) is 55.6 Å². The predicted molar refractivity (Wildman–Crippen MR) is 278 cm³/mol. The molecular formula is C58H111NO4. The van der Waals surface area contributed by atoms with Crippen LogP contribution in [0.1, 0.15) is 303 Å². The van der Waals surface area contributed by atoms with Crippen LogP contribution in [0.5, 0.6) is 0 Å². The van der Waals surface area contributed by atoms with Crippen LogP contribution < -0.4 is 5.32 Å². The van der Waals surface area contributed by atoms with Crippen LogP contribution in [0.15, 0.2) is 36.5 Å². The van der Waals surface area contributed by atoms with Crippen molar-refractivity contribution in [3.8, 4) is 0 Å². The Bertz CT molecular complexity index is 978. The molecule has 63 heavy (non-hydrogen) atoms. The first kappa shape index (κ1) is 61.6. The van der Waals surface area contributed by atoms with Gasteiger partial charge < -0.3 is 20.6 Å². The van der Waals surface area contributed by atoms with Crippen molar-refractivity contribution < 1.29 is 20.1 Å². The molecule has 0 radical (unpaired) electrons. The molecule has 0 aliphatic rings. The fourth-order valence-corrected chi connectivity index (χ4v) is 8.82. The maximum absolute atomic E-state index is 12.5. The predicted octanol–water partition coefficient (Wildman–Crippen LogP) is 17.4. The number of rotatable bonds is 52. The number of nitrogens with one attached hydrogen (secondary N) is 1. The highest BCUT2D eigenvalue weighted by Gasteiger charge is 2.26. The number of hydrogen-bond acceptors (Lipinski definition) is 4. The van der Waals surface area contributed by atoms with Crippen LogP contribution in [0.25, 0.3) is 0 Å². The van der Waals surface area contributed by atoms with Crippen molar-refractivity contribution >= 4 is 5.91 Å². The minimum Gasteiger partial charge on any atom is -0.394 e. The van der Waals surface area contributed by atoms with Gasteiger partial charge in [-0.05, 0) is 77.0 Å². The number of amides is 1. The second-order valence-electron chi connectivity index (χ2n) is 19.5. The molecule has 0 bridgehead atoms. The number of aliphatic hydroxyl groups excluding tert-OH is 3. The number of aliphatic hydroxyl groups is 3. The van der Waals surface area contributed by atoms with E-state index in [1.807, 2.05) is 0 Å². The van der Waals surface area contributed by atoms with Gasteiger partial charge >= 0.3 is 0 Å². The molecule has 3 atom stereocenters. The van der Waals surface area contributed by atoms with Crippen LogP contribution in [0.4, 0.5) is 0 Å². The molecule has 372 valence electrons. The lowest BCUT2D eigenvalue weighted by atomic mass is 10.0. The van der Waals surface area contributed by atoms with Gasteiger partial charge in [0.2, 0.25) is 5.91 Å². The normalized spacial score (nSPS) is 13.5. The molecule has 0 aromatic rings. The highest BCUT2D eigenvalue weighted by molar-refractivity contribution is 5.76. The van der Waals surface area contributed by atoms with Crippen LogP contribution in [-0.2, 0) is 4.79 Å². The zero-order chi connectivity index (χ0) is 45.8. The first-order valence-corrected chi connectivity index (χ1v) is 28.3. The molecule has 0 aromatic heterocycles. The highest BCUT2D eigenvalue weighted by atomic mass is 16.3. The molecule has 3 unspecified atom stereocenters. The fraction of sp³-hybridized carbons (Fsp3) is 0.879. The van der Waals surface area contributed by atoms with Gasteiger partial charge in [0.05, 0.1) is 18.8 Å². The SMILES string of the molecule is CCCCCCCCCCCC/C=C/CC/C=C/CCCC(O)C(O)C(CO)NC(=O)CCCCCCCCCCCCCCCC/C=C\CCCCCCCCCCCCCC. The number of carbonyl (C=O) groups excluding carboxylic acids is 1. The average Bonchev–Trinajstić information content (AvgIpc) is 3.29. The van der Waals surface area contributed by atoms with Gasteiger partial charge in [0.1, 0.15) is 6.10 Å². The highest BCUT2D eigenvalue weighted by Crippen LogP contribution is 2.17. The van der Waals surface area contributed by atoms with E-state index in [1.165, 1.54) is 231 Å². The third kappa shape index (κ3) is 48.3. The average molecular weight is 887 g/mol. The van der Waals surface area contributed by atoms with Crippen LogP contribution in [-0.4, -0.2) is 46.1 Å². The third-order valence-corrected chi connectivity index (χ3v) is 13.2. The zero-order valence-corrected chi connectivity index (χ0v) is 42.5. The third-order valence-electron chi connectivity index (χ3n) is 13.2. The van der Waals surface area contributed by atoms with Gasteiger partial charge in [-0.3, -0.25) is 4.79 Å². The Labute approximate surface area is 394 Å². The molecule has 0 saturated carbocycles. The van der Waals surface area contributed by atoms with Crippen molar-refractivity contribution in [3.63, 3.8) is 0 Å². The molecule has 0 aliphatic heterocycles. The monoisotopic (exact) mass is 886 g/mol. The Hall–Kier alpha value is -1.43. The number of allylic oxidation sites excluding steroid dienone is 6. The van der Waals surface area contributed by atoms with Crippen molar-refractivity contribution in [1.82, 2.24) is 5.32 Å². The van der Waals surface area contributed by atoms with E-state index in [0.717, 1.165) is 44.9 Å². The minimum absolute atomic E-state index is 0.155. The topological polar surface area (TPSA) is 89.8 Å². The summed E-state index contributed by atoms with van der Waals surface area (Å²) in [5.74, 6) is -0.155. The number of hydrogen-bond donors (Lipinski definition) is 4. The summed E-state index contributed by atoms with van der Waals surface area (Å²) in [5, 5.41) is 33.7. The maximum Gasteiger partial charge on any atom is 0.220 e. The van der Waals surface area contributed by atoms with E-state index in [0.29, 0.717) is 12.8 Å². The molecule has 4 N–H and O–H groups in total. The molecule has 0 spiro atoms. The molecular weight excluding hydrogens is 775 g/mol. The van der Waals surface area contributed by atoms with Crippen LogP contribution in [0, 0.1) is 0 Å². The molecule has 5 heteroatoms. The zero-order valence-electron chi connectivity index (χ0n) is 42.5. The van der Waals surface area contributed by atoms with E-state index in [4.69, 9.17) is 0 Å². The molecule has 5 nitrogen and oxygen atoms in total. The minimum atomic E-state index is -1.17.